The number of hydrogen-bond acceptors (Lipinski definition) is 2. The average molecular weight is 467 g/mol. The van der Waals surface area contributed by atoms with E-state index in [9.17, 15) is 0 Å². The number of hydrogen-bond donors (Lipinski definition) is 0. The van der Waals surface area contributed by atoms with Crippen molar-refractivity contribution in [2.75, 3.05) is 13.5 Å². The Kier molecular flexibility index (Phi) is 5.96. The summed E-state index contributed by atoms with van der Waals surface area (Å²) in [5.74, 6) is 1.94. The molecule has 0 radical (unpaired) electrons. The van der Waals surface area contributed by atoms with Crippen molar-refractivity contribution >= 4 is 13.2 Å². The van der Waals surface area contributed by atoms with E-state index in [-0.39, 0.29) is 5.16 Å². The van der Waals surface area contributed by atoms with E-state index >= 15 is 0 Å². The van der Waals surface area contributed by atoms with Crippen molar-refractivity contribution in [3.63, 3.8) is 0 Å². The van der Waals surface area contributed by atoms with Crippen molar-refractivity contribution in [2.24, 2.45) is 0 Å². The minimum atomic E-state index is -0.482. The highest BCUT2D eigenvalue weighted by Gasteiger charge is 2.37. The van der Waals surface area contributed by atoms with Gasteiger partial charge < -0.3 is 9.47 Å². The van der Waals surface area contributed by atoms with Gasteiger partial charge in [0.25, 0.3) is 0 Å². The summed E-state index contributed by atoms with van der Waals surface area (Å²) in [4.78, 5) is 0. The van der Waals surface area contributed by atoms with Crippen LogP contribution in [0.5, 0.6) is 11.5 Å². The lowest BCUT2D eigenvalue weighted by Crippen LogP contribution is -2.19. The molecule has 0 N–H and O–H groups in total. The molecular formula is C31H31O2P. The molecule has 0 fully saturated rings. The second-order valence-corrected chi connectivity index (χ2v) is 12.7. The van der Waals surface area contributed by atoms with Crippen LogP contribution < -0.4 is 14.8 Å². The molecule has 5 rings (SSSR count). The van der Waals surface area contributed by atoms with Gasteiger partial charge in [-0.2, -0.15) is 0 Å². The number of methoxy groups -OCH3 is 1. The van der Waals surface area contributed by atoms with Crippen molar-refractivity contribution in [3.8, 4) is 44.9 Å². The number of benzene rings is 4. The molecule has 0 aromatic heterocycles. The quantitative estimate of drug-likeness (QED) is 0.282. The third-order valence-electron chi connectivity index (χ3n) is 6.61. The monoisotopic (exact) mass is 466 g/mol. The summed E-state index contributed by atoms with van der Waals surface area (Å²) in [6, 6.07) is 30.0. The lowest BCUT2D eigenvalue weighted by Gasteiger charge is -2.29. The van der Waals surface area contributed by atoms with Crippen LogP contribution in [0, 0.1) is 6.92 Å². The van der Waals surface area contributed by atoms with Gasteiger partial charge in [0.1, 0.15) is 17.8 Å². The zero-order valence-corrected chi connectivity index (χ0v) is 21.4. The Bertz CT molecular complexity index is 1320. The first-order chi connectivity index (χ1) is 16.4. The highest BCUT2D eigenvalue weighted by Crippen LogP contribution is 2.57. The molecule has 0 saturated carbocycles. The van der Waals surface area contributed by atoms with Crippen molar-refractivity contribution in [3.05, 3.63) is 90.5 Å². The molecule has 0 unspecified atom stereocenters. The highest BCUT2D eigenvalue weighted by atomic mass is 31.1. The van der Waals surface area contributed by atoms with Gasteiger partial charge in [0.15, 0.2) is 0 Å². The third-order valence-corrected chi connectivity index (χ3v) is 9.62. The molecule has 4 aromatic carbocycles. The maximum atomic E-state index is 6.23. The first kappa shape index (κ1) is 22.7. The van der Waals surface area contributed by atoms with Crippen LogP contribution in [0.4, 0.5) is 0 Å². The molecule has 34 heavy (non-hydrogen) atoms. The van der Waals surface area contributed by atoms with Crippen LogP contribution in [-0.4, -0.2) is 18.6 Å². The van der Waals surface area contributed by atoms with Gasteiger partial charge in [-0.3, -0.25) is 0 Å². The van der Waals surface area contributed by atoms with Crippen LogP contribution in [0.2, 0.25) is 0 Å². The van der Waals surface area contributed by atoms with Gasteiger partial charge in [-0.05, 0) is 60.0 Å². The van der Waals surface area contributed by atoms with E-state index in [2.05, 4.69) is 113 Å². The molecule has 0 saturated heterocycles. The second kappa shape index (κ2) is 8.93. The molecule has 1 aliphatic rings. The van der Waals surface area contributed by atoms with Gasteiger partial charge in [-0.25, -0.2) is 0 Å². The minimum absolute atomic E-state index is 0.150. The fourth-order valence-electron chi connectivity index (χ4n) is 4.89. The maximum Gasteiger partial charge on any atom is 0.134 e. The predicted molar refractivity (Wildman–Crippen MR) is 146 cm³/mol. The van der Waals surface area contributed by atoms with Gasteiger partial charge in [0, 0.05) is 16.4 Å². The molecular weight excluding hydrogens is 435 g/mol. The molecule has 3 heteroatoms. The van der Waals surface area contributed by atoms with Crippen molar-refractivity contribution in [1.82, 2.24) is 0 Å². The fourth-order valence-corrected chi connectivity index (χ4v) is 7.23. The summed E-state index contributed by atoms with van der Waals surface area (Å²) in [5, 5.41) is 1.51. The Morgan fingerprint density at radius 1 is 0.765 bits per heavy atom. The molecule has 2 nitrogen and oxygen atoms in total. The zero-order chi connectivity index (χ0) is 23.9. The van der Waals surface area contributed by atoms with E-state index in [0.717, 1.165) is 29.0 Å². The average Bonchev–Trinajstić information content (AvgIpc) is 3.30. The normalized spacial score (nSPS) is 15.0. The zero-order valence-electron chi connectivity index (χ0n) is 20.6. The van der Waals surface area contributed by atoms with Gasteiger partial charge in [-0.15, -0.1) is 0 Å². The Morgan fingerprint density at radius 3 is 1.97 bits per heavy atom. The largest absolute Gasteiger partial charge is 0.495 e. The number of rotatable bonds is 4. The Labute approximate surface area is 204 Å². The second-order valence-electron chi connectivity index (χ2n) is 9.76. The van der Waals surface area contributed by atoms with Crippen molar-refractivity contribution in [1.29, 1.82) is 0 Å². The van der Waals surface area contributed by atoms with Crippen molar-refractivity contribution < 1.29 is 9.47 Å². The summed E-state index contributed by atoms with van der Waals surface area (Å²) in [7, 11) is 1.31. The standard InChI is InChI=1S/C31H31O2P/c1-21-25(22-13-8-6-9-14-22)19-26(23-15-10-7-11-16-23)29(32-5)28(21)24-17-12-18-27-30(24)34(20-33-27)31(2,3)4/h6-19H,20H2,1-5H3/t34-/m1/s1. The Hall–Kier alpha value is -3.09. The van der Waals surface area contributed by atoms with E-state index < -0.39 is 7.92 Å². The van der Waals surface area contributed by atoms with E-state index in [0.29, 0.717) is 0 Å². The van der Waals surface area contributed by atoms with Gasteiger partial charge in [-0.1, -0.05) is 93.6 Å². The predicted octanol–water partition coefficient (Wildman–Crippen LogP) is 8.26. The lowest BCUT2D eigenvalue weighted by molar-refractivity contribution is 0.400. The van der Waals surface area contributed by atoms with Crippen LogP contribution in [0.15, 0.2) is 84.9 Å². The maximum absolute atomic E-state index is 6.23. The first-order valence-electron chi connectivity index (χ1n) is 11.8. The Morgan fingerprint density at radius 2 is 1.38 bits per heavy atom. The van der Waals surface area contributed by atoms with Crippen LogP contribution in [0.1, 0.15) is 26.3 Å². The molecule has 4 aromatic rings. The highest BCUT2D eigenvalue weighted by molar-refractivity contribution is 7.67. The van der Waals surface area contributed by atoms with E-state index in [1.54, 1.807) is 7.11 Å². The molecule has 1 heterocycles. The van der Waals surface area contributed by atoms with Gasteiger partial charge >= 0.3 is 0 Å². The fraction of sp³-hybridized carbons (Fsp3) is 0.226. The van der Waals surface area contributed by atoms with E-state index in [4.69, 9.17) is 9.47 Å². The van der Waals surface area contributed by atoms with Gasteiger partial charge in [0.2, 0.25) is 0 Å². The molecule has 172 valence electrons. The first-order valence-corrected chi connectivity index (χ1v) is 13.3. The summed E-state index contributed by atoms with van der Waals surface area (Å²) < 4.78 is 12.4. The molecule has 1 atom stereocenters. The van der Waals surface area contributed by atoms with E-state index in [1.807, 2.05) is 0 Å². The molecule has 0 spiro atoms. The molecule has 0 amide bonds. The number of ether oxygens (including phenoxy) is 2. The van der Waals surface area contributed by atoms with E-state index in [1.165, 1.54) is 33.1 Å². The van der Waals surface area contributed by atoms with Crippen molar-refractivity contribution in [2.45, 2.75) is 32.9 Å². The smallest absolute Gasteiger partial charge is 0.134 e. The molecule has 1 aliphatic heterocycles. The topological polar surface area (TPSA) is 18.5 Å². The van der Waals surface area contributed by atoms with Crippen LogP contribution in [0.3, 0.4) is 0 Å². The number of fused-ring (bicyclic) bond motifs is 1. The summed E-state index contributed by atoms with van der Waals surface area (Å²) in [5.41, 5.74) is 8.34. The summed E-state index contributed by atoms with van der Waals surface area (Å²) in [6.07, 6.45) is 0.774. The minimum Gasteiger partial charge on any atom is -0.495 e. The molecule has 0 bridgehead atoms. The van der Waals surface area contributed by atoms with Gasteiger partial charge in [0.05, 0.1) is 7.11 Å². The SMILES string of the molecule is COc1c(-c2ccccc2)cc(-c2ccccc2)c(C)c1-c1cccc2c1[P@](C(C)(C)C)CO2. The summed E-state index contributed by atoms with van der Waals surface area (Å²) in [6.45, 7) is 9.21. The lowest BCUT2D eigenvalue weighted by atomic mass is 9.87. The summed E-state index contributed by atoms with van der Waals surface area (Å²) >= 11 is 0. The van der Waals surface area contributed by atoms with Crippen LogP contribution >= 0.6 is 7.92 Å². The third kappa shape index (κ3) is 3.91. The van der Waals surface area contributed by atoms with Crippen LogP contribution in [0.25, 0.3) is 33.4 Å². The van der Waals surface area contributed by atoms with Crippen LogP contribution in [-0.2, 0) is 0 Å². The molecule has 0 aliphatic carbocycles. The Balaban J connectivity index is 1.87.